The number of aliphatic hydroxyl groups is 1. The first-order chi connectivity index (χ1) is 22.6. The molecule has 260 valence electrons. The Morgan fingerprint density at radius 1 is 1.18 bits per heavy atom. The Bertz CT molecular complexity index is 1930. The van der Waals surface area contributed by atoms with Crippen LogP contribution < -0.4 is 16.5 Å². The molecule has 2 atom stereocenters. The molecule has 1 saturated carbocycles. The van der Waals surface area contributed by atoms with Crippen molar-refractivity contribution in [3.05, 3.63) is 94.0 Å². The number of nitrogens with two attached hydrogens (primary N) is 1. The van der Waals surface area contributed by atoms with Gasteiger partial charge in [-0.1, -0.05) is 12.8 Å². The summed E-state index contributed by atoms with van der Waals surface area (Å²) >= 11 is 0. The van der Waals surface area contributed by atoms with E-state index in [1.54, 1.807) is 25.4 Å². The van der Waals surface area contributed by atoms with E-state index in [1.165, 1.54) is 30.5 Å². The number of pyridine rings is 2. The molecule has 1 fully saturated rings. The van der Waals surface area contributed by atoms with E-state index in [0.29, 0.717) is 17.2 Å². The minimum Gasteiger partial charge on any atom is -0.394 e. The minimum absolute atomic E-state index is 0.0706. The molecule has 4 rings (SSSR count). The highest BCUT2D eigenvalue weighted by Gasteiger charge is 2.51. The Kier molecular flexibility index (Phi) is 10.4. The van der Waals surface area contributed by atoms with E-state index in [0.717, 1.165) is 19.1 Å². The second kappa shape index (κ2) is 13.9. The Labute approximate surface area is 277 Å². The number of hydrogen-bond acceptors (Lipinski definition) is 6. The van der Waals surface area contributed by atoms with Crippen LogP contribution in [0.5, 0.6) is 0 Å². The lowest BCUT2D eigenvalue weighted by molar-refractivity contribution is -0.120. The highest BCUT2D eigenvalue weighted by molar-refractivity contribution is 6.09. The quantitative estimate of drug-likeness (QED) is 0.199. The van der Waals surface area contributed by atoms with Crippen LogP contribution in [0.2, 0.25) is 0 Å². The van der Waals surface area contributed by atoms with E-state index in [9.17, 15) is 40.6 Å². The Morgan fingerprint density at radius 2 is 1.84 bits per heavy atom. The molecular formula is C34H33F7N6O2. The summed E-state index contributed by atoms with van der Waals surface area (Å²) in [4.78, 5) is 21.5. The minimum atomic E-state index is -5.12. The second-order valence-electron chi connectivity index (χ2n) is 12.3. The molecule has 1 aliphatic carbocycles. The number of nitrogens with zero attached hydrogens (tertiary/aromatic N) is 3. The Morgan fingerprint density at radius 3 is 2.43 bits per heavy atom. The van der Waals surface area contributed by atoms with Crippen molar-refractivity contribution in [1.29, 1.82) is 5.41 Å². The molecule has 49 heavy (non-hydrogen) atoms. The number of aliphatic imine (C=N–C) groups is 1. The fourth-order valence-corrected chi connectivity index (χ4v) is 5.37. The second-order valence-corrected chi connectivity index (χ2v) is 12.3. The van der Waals surface area contributed by atoms with Crippen molar-refractivity contribution in [3.8, 4) is 23.0 Å². The van der Waals surface area contributed by atoms with E-state index in [1.807, 2.05) is 0 Å². The molecule has 2 aromatic heterocycles. The number of rotatable bonds is 7. The molecule has 0 bridgehead atoms. The maximum atomic E-state index is 14.9. The summed E-state index contributed by atoms with van der Waals surface area (Å²) in [7, 11) is 1.62. The van der Waals surface area contributed by atoms with Gasteiger partial charge in [-0.25, -0.2) is 13.8 Å². The number of benzene rings is 1. The first-order valence-corrected chi connectivity index (χ1v) is 14.9. The molecule has 0 aliphatic heterocycles. The van der Waals surface area contributed by atoms with Crippen molar-refractivity contribution in [2.45, 2.75) is 57.4 Å². The number of carbonyl (C=O) groups is 1. The van der Waals surface area contributed by atoms with E-state index < -0.39 is 77.1 Å². The maximum Gasteiger partial charge on any atom is 0.431 e. The number of hydrogen-bond donors (Lipinski definition) is 4. The van der Waals surface area contributed by atoms with E-state index in [2.05, 4.69) is 27.1 Å². The third-order valence-corrected chi connectivity index (χ3v) is 7.53. The van der Waals surface area contributed by atoms with Crippen LogP contribution in [0.25, 0.3) is 11.1 Å². The summed E-state index contributed by atoms with van der Waals surface area (Å²) in [5, 5.41) is 20.7. The number of halogens is 7. The fourth-order valence-electron chi connectivity index (χ4n) is 5.37. The first-order valence-electron chi connectivity index (χ1n) is 14.9. The summed E-state index contributed by atoms with van der Waals surface area (Å²) in [5.74, 6) is -2.62. The third-order valence-electron chi connectivity index (χ3n) is 7.53. The predicted octanol–water partition coefficient (Wildman–Crippen LogP) is 5.26. The Balaban J connectivity index is 1.84. The Hall–Kier alpha value is -4.97. The average Bonchev–Trinajstić information content (AvgIpc) is 3.20. The summed E-state index contributed by atoms with van der Waals surface area (Å²) in [6.07, 6.45) is -4.80. The zero-order valence-corrected chi connectivity index (χ0v) is 26.8. The standard InChI is InChI=1S/C34H33F7N6O2/c1-18-15-33(37,38)31(28(18)30(43)34(39,40)41)44-16-27(48)46-25(13-19-11-21(35)14-22(36)12-19)29-24(20-5-8-26(42)47(4)17-20)7-6-23(45-29)9-10-32(2,3)49/h5-8,11-12,14,17-18,25,42,49H,13,15-16,43H2,1-4H3,(H,46,48)/t18-,25?/m0/s1. The number of aromatic nitrogens is 2. The first kappa shape index (κ1) is 36.9. The lowest BCUT2D eigenvalue weighted by Crippen LogP contribution is -2.34. The number of nitrogens with one attached hydrogen (secondary N) is 2. The molecule has 1 unspecified atom stereocenters. The molecular weight excluding hydrogens is 657 g/mol. The van der Waals surface area contributed by atoms with E-state index in [-0.39, 0.29) is 28.9 Å². The van der Waals surface area contributed by atoms with Gasteiger partial charge >= 0.3 is 6.18 Å². The lowest BCUT2D eigenvalue weighted by Gasteiger charge is -2.22. The SMILES string of the molecule is C[C@H]1CC(F)(F)C(=NCC(=O)NC(Cc2cc(F)cc(F)c2)c2nc(C#CC(C)(C)O)ccc2-c2ccc(=N)n(C)c2)C1=C(N)C(F)(F)F. The molecule has 3 aromatic rings. The smallest absolute Gasteiger partial charge is 0.394 e. The maximum absolute atomic E-state index is 14.9. The van der Waals surface area contributed by atoms with Crippen LogP contribution in [-0.2, 0) is 18.3 Å². The van der Waals surface area contributed by atoms with Crippen LogP contribution in [-0.4, -0.2) is 50.5 Å². The van der Waals surface area contributed by atoms with Crippen molar-refractivity contribution in [3.63, 3.8) is 0 Å². The topological polar surface area (TPSA) is 129 Å². The van der Waals surface area contributed by atoms with E-state index in [4.69, 9.17) is 11.1 Å². The van der Waals surface area contributed by atoms with Gasteiger partial charge in [-0.3, -0.25) is 15.2 Å². The van der Waals surface area contributed by atoms with Crippen molar-refractivity contribution in [2.24, 2.45) is 23.7 Å². The number of alkyl halides is 5. The molecule has 1 aliphatic rings. The number of aryl methyl sites for hydroxylation is 1. The van der Waals surface area contributed by atoms with Gasteiger partial charge in [-0.2, -0.15) is 22.0 Å². The van der Waals surface area contributed by atoms with Gasteiger partial charge in [0.05, 0.1) is 11.7 Å². The molecule has 0 radical (unpaired) electrons. The number of carbonyl (C=O) groups excluding carboxylic acids is 1. The predicted molar refractivity (Wildman–Crippen MR) is 167 cm³/mol. The molecule has 1 amide bonds. The highest BCUT2D eigenvalue weighted by Crippen LogP contribution is 2.43. The van der Waals surface area contributed by atoms with Crippen LogP contribution in [0.4, 0.5) is 30.7 Å². The van der Waals surface area contributed by atoms with Gasteiger partial charge in [0.15, 0.2) is 0 Å². The van der Waals surface area contributed by atoms with Crippen molar-refractivity contribution < 1.29 is 40.6 Å². The zero-order chi connectivity index (χ0) is 36.5. The van der Waals surface area contributed by atoms with Gasteiger partial charge in [0, 0.05) is 36.9 Å². The molecule has 5 N–H and O–H groups in total. The molecule has 1 aromatic carbocycles. The summed E-state index contributed by atoms with van der Waals surface area (Å²) in [5.41, 5.74) is 1.28. The van der Waals surface area contributed by atoms with Gasteiger partial charge in [0.2, 0.25) is 5.91 Å². The molecule has 15 heteroatoms. The lowest BCUT2D eigenvalue weighted by atomic mass is 9.95. The highest BCUT2D eigenvalue weighted by atomic mass is 19.4. The summed E-state index contributed by atoms with van der Waals surface area (Å²) < 4.78 is 100. The van der Waals surface area contributed by atoms with Gasteiger partial charge in [0.25, 0.3) is 5.92 Å². The van der Waals surface area contributed by atoms with Gasteiger partial charge in [-0.05, 0) is 79.6 Å². The normalized spacial score (nSPS) is 18.5. The van der Waals surface area contributed by atoms with Crippen LogP contribution in [0, 0.1) is 34.8 Å². The number of allylic oxidation sites excluding steroid dienone is 2. The van der Waals surface area contributed by atoms with Crippen LogP contribution >= 0.6 is 0 Å². The van der Waals surface area contributed by atoms with Gasteiger partial charge in [0.1, 0.15) is 46.4 Å². The van der Waals surface area contributed by atoms with Crippen molar-refractivity contribution >= 4 is 11.6 Å². The fraction of sp³-hybridized carbons (Fsp3) is 0.353. The molecule has 2 heterocycles. The average molecular weight is 691 g/mol. The zero-order valence-electron chi connectivity index (χ0n) is 26.8. The van der Waals surface area contributed by atoms with Crippen molar-refractivity contribution in [2.75, 3.05) is 6.54 Å². The van der Waals surface area contributed by atoms with Crippen LogP contribution in [0.1, 0.15) is 50.2 Å². The molecule has 0 saturated heterocycles. The van der Waals surface area contributed by atoms with Gasteiger partial charge in [-0.15, -0.1) is 0 Å². The molecule has 8 nitrogen and oxygen atoms in total. The summed E-state index contributed by atoms with van der Waals surface area (Å²) in [6.45, 7) is 2.99. The van der Waals surface area contributed by atoms with Gasteiger partial charge < -0.3 is 20.7 Å². The summed E-state index contributed by atoms with van der Waals surface area (Å²) in [6, 6.07) is 7.67. The van der Waals surface area contributed by atoms with E-state index >= 15 is 0 Å². The van der Waals surface area contributed by atoms with Crippen LogP contribution in [0.3, 0.4) is 0 Å². The number of amides is 1. The largest absolute Gasteiger partial charge is 0.431 e. The monoisotopic (exact) mass is 690 g/mol. The molecule has 0 spiro atoms. The third kappa shape index (κ3) is 9.14. The van der Waals surface area contributed by atoms with Crippen molar-refractivity contribution in [1.82, 2.24) is 14.9 Å². The van der Waals surface area contributed by atoms with Crippen LogP contribution in [0.15, 0.2) is 64.9 Å².